The van der Waals surface area contributed by atoms with Crippen LogP contribution in [-0.2, 0) is 17.6 Å². The molecule has 0 spiro atoms. The van der Waals surface area contributed by atoms with E-state index in [2.05, 4.69) is 0 Å². The van der Waals surface area contributed by atoms with E-state index in [1.54, 1.807) is 0 Å². The van der Waals surface area contributed by atoms with Gasteiger partial charge in [-0.05, 0) is 11.1 Å². The van der Waals surface area contributed by atoms with Crippen molar-refractivity contribution in [3.63, 3.8) is 0 Å². The van der Waals surface area contributed by atoms with Crippen molar-refractivity contribution >= 4 is 6.29 Å². The average molecular weight is 270 g/mol. The molecule has 0 amide bonds. The van der Waals surface area contributed by atoms with Crippen molar-refractivity contribution in [3.8, 4) is 0 Å². The number of rotatable bonds is 6. The van der Waals surface area contributed by atoms with Crippen molar-refractivity contribution in [1.29, 1.82) is 0 Å². The number of aliphatic hydroxyl groups is 2. The highest BCUT2D eigenvalue weighted by atomic mass is 16.3. The zero-order valence-electron chi connectivity index (χ0n) is 11.1. The van der Waals surface area contributed by atoms with E-state index in [0.29, 0.717) is 6.29 Å². The number of carbonyl (C=O) groups is 1. The second-order valence-electron chi connectivity index (χ2n) is 5.01. The Morgan fingerprint density at radius 3 is 1.65 bits per heavy atom. The van der Waals surface area contributed by atoms with Gasteiger partial charge in [-0.2, -0.15) is 0 Å². The lowest BCUT2D eigenvalue weighted by molar-refractivity contribution is -0.130. The molecule has 0 heterocycles. The molecule has 104 valence electrons. The van der Waals surface area contributed by atoms with Crippen LogP contribution in [-0.4, -0.2) is 28.2 Å². The fraction of sp³-hybridized carbons (Fsp3) is 0.235. The molecule has 0 aromatic heterocycles. The summed E-state index contributed by atoms with van der Waals surface area (Å²) < 4.78 is 0. The highest BCUT2D eigenvalue weighted by Gasteiger charge is 2.35. The molecule has 2 aromatic carbocycles. The third-order valence-electron chi connectivity index (χ3n) is 3.39. The molecule has 0 bridgehead atoms. The molecule has 3 heteroatoms. The summed E-state index contributed by atoms with van der Waals surface area (Å²) in [6.45, 7) is 0. The van der Waals surface area contributed by atoms with Crippen LogP contribution in [0, 0.1) is 0 Å². The Hall–Kier alpha value is -1.97. The second kappa shape index (κ2) is 6.46. The lowest BCUT2D eigenvalue weighted by atomic mass is 9.84. The topological polar surface area (TPSA) is 57.5 Å². The Labute approximate surface area is 118 Å². The van der Waals surface area contributed by atoms with Crippen molar-refractivity contribution < 1.29 is 15.0 Å². The highest BCUT2D eigenvalue weighted by molar-refractivity contribution is 5.58. The van der Waals surface area contributed by atoms with Gasteiger partial charge in [-0.3, -0.25) is 0 Å². The number of hydrogen-bond acceptors (Lipinski definition) is 3. The van der Waals surface area contributed by atoms with E-state index in [4.69, 9.17) is 0 Å². The van der Waals surface area contributed by atoms with Crippen LogP contribution in [0.1, 0.15) is 11.1 Å². The molecule has 2 N–H and O–H groups in total. The molecule has 0 aliphatic heterocycles. The van der Waals surface area contributed by atoms with Crippen LogP contribution in [0.3, 0.4) is 0 Å². The lowest BCUT2D eigenvalue weighted by Crippen LogP contribution is -2.47. The monoisotopic (exact) mass is 270 g/mol. The Kier molecular flexibility index (Phi) is 4.66. The third-order valence-corrected chi connectivity index (χ3v) is 3.39. The molecule has 0 saturated heterocycles. The van der Waals surface area contributed by atoms with Gasteiger partial charge in [0.1, 0.15) is 11.7 Å². The molecule has 0 fully saturated rings. The smallest absolute Gasteiger partial charge is 0.151 e. The molecule has 1 atom stereocenters. The Bertz CT molecular complexity index is 495. The average Bonchev–Trinajstić information content (AvgIpc) is 2.48. The predicted octanol–water partition coefficient (Wildman–Crippen LogP) is 1.76. The first-order valence-electron chi connectivity index (χ1n) is 6.58. The third kappa shape index (κ3) is 3.53. The second-order valence-corrected chi connectivity index (χ2v) is 5.01. The number of aldehydes is 1. The van der Waals surface area contributed by atoms with E-state index in [1.807, 2.05) is 60.7 Å². The largest absolute Gasteiger partial charge is 0.386 e. The predicted molar refractivity (Wildman–Crippen MR) is 77.3 cm³/mol. The van der Waals surface area contributed by atoms with E-state index in [-0.39, 0.29) is 12.8 Å². The number of benzene rings is 2. The van der Waals surface area contributed by atoms with Gasteiger partial charge < -0.3 is 15.0 Å². The maximum absolute atomic E-state index is 10.9. The Morgan fingerprint density at radius 1 is 0.900 bits per heavy atom. The Morgan fingerprint density at radius 2 is 1.30 bits per heavy atom. The van der Waals surface area contributed by atoms with Crippen molar-refractivity contribution in [1.82, 2.24) is 0 Å². The van der Waals surface area contributed by atoms with Gasteiger partial charge in [-0.25, -0.2) is 0 Å². The molecule has 0 saturated carbocycles. The zero-order valence-corrected chi connectivity index (χ0v) is 11.1. The summed E-state index contributed by atoms with van der Waals surface area (Å²) in [4.78, 5) is 10.9. The van der Waals surface area contributed by atoms with E-state index in [9.17, 15) is 15.0 Å². The standard InChI is InChI=1S/C17H18O3/c18-13-16(19)17(20,11-14-7-3-1-4-8-14)12-15-9-5-2-6-10-15/h1-10,13,16,19-20H,11-12H2. The maximum atomic E-state index is 10.9. The quantitative estimate of drug-likeness (QED) is 0.786. The molecule has 0 aliphatic carbocycles. The van der Waals surface area contributed by atoms with Crippen LogP contribution in [0.2, 0.25) is 0 Å². The molecule has 2 rings (SSSR count). The lowest BCUT2D eigenvalue weighted by Gasteiger charge is -2.30. The minimum Gasteiger partial charge on any atom is -0.386 e. The van der Waals surface area contributed by atoms with Crippen molar-refractivity contribution in [3.05, 3.63) is 71.8 Å². The van der Waals surface area contributed by atoms with Crippen LogP contribution in [0.5, 0.6) is 0 Å². The van der Waals surface area contributed by atoms with Crippen molar-refractivity contribution in [2.75, 3.05) is 0 Å². The summed E-state index contributed by atoms with van der Waals surface area (Å²) in [6, 6.07) is 18.7. The molecule has 2 aromatic rings. The van der Waals surface area contributed by atoms with Crippen LogP contribution in [0.15, 0.2) is 60.7 Å². The van der Waals surface area contributed by atoms with Gasteiger partial charge in [0.2, 0.25) is 0 Å². The first kappa shape index (κ1) is 14.4. The Balaban J connectivity index is 2.24. The minimum absolute atomic E-state index is 0.225. The van der Waals surface area contributed by atoms with Crippen LogP contribution in [0.25, 0.3) is 0 Å². The summed E-state index contributed by atoms with van der Waals surface area (Å²) in [6.07, 6.45) is -0.570. The molecule has 1 unspecified atom stereocenters. The summed E-state index contributed by atoms with van der Waals surface area (Å²) >= 11 is 0. The first-order valence-corrected chi connectivity index (χ1v) is 6.58. The van der Waals surface area contributed by atoms with Gasteiger partial charge in [0, 0.05) is 12.8 Å². The molecule has 3 nitrogen and oxygen atoms in total. The van der Waals surface area contributed by atoms with E-state index < -0.39 is 11.7 Å². The zero-order chi connectivity index (χ0) is 14.4. The molecule has 20 heavy (non-hydrogen) atoms. The first-order chi connectivity index (χ1) is 9.64. The van der Waals surface area contributed by atoms with Crippen LogP contribution in [0.4, 0.5) is 0 Å². The van der Waals surface area contributed by atoms with Gasteiger partial charge in [0.15, 0.2) is 6.29 Å². The van der Waals surface area contributed by atoms with Crippen LogP contribution < -0.4 is 0 Å². The summed E-state index contributed by atoms with van der Waals surface area (Å²) in [5.74, 6) is 0. The highest BCUT2D eigenvalue weighted by Crippen LogP contribution is 2.22. The normalized spacial score (nSPS) is 12.9. The molecular formula is C17H18O3. The van der Waals surface area contributed by atoms with Gasteiger partial charge in [-0.1, -0.05) is 60.7 Å². The molecular weight excluding hydrogens is 252 g/mol. The summed E-state index contributed by atoms with van der Waals surface area (Å²) in [5, 5.41) is 20.6. The summed E-state index contributed by atoms with van der Waals surface area (Å²) in [7, 11) is 0. The van der Waals surface area contributed by atoms with E-state index in [1.165, 1.54) is 0 Å². The summed E-state index contributed by atoms with van der Waals surface area (Å²) in [5.41, 5.74) is 0.267. The van der Waals surface area contributed by atoms with Gasteiger partial charge in [0.05, 0.1) is 0 Å². The molecule has 0 aliphatic rings. The van der Waals surface area contributed by atoms with Gasteiger partial charge in [0.25, 0.3) is 0 Å². The van der Waals surface area contributed by atoms with Crippen molar-refractivity contribution in [2.45, 2.75) is 24.5 Å². The number of aliphatic hydroxyl groups excluding tert-OH is 1. The van der Waals surface area contributed by atoms with Crippen LogP contribution >= 0.6 is 0 Å². The number of hydrogen-bond donors (Lipinski definition) is 2. The van der Waals surface area contributed by atoms with E-state index in [0.717, 1.165) is 11.1 Å². The van der Waals surface area contributed by atoms with Crippen molar-refractivity contribution in [2.24, 2.45) is 0 Å². The minimum atomic E-state index is -1.50. The SMILES string of the molecule is O=CC(O)C(O)(Cc1ccccc1)Cc1ccccc1. The van der Waals surface area contributed by atoms with E-state index >= 15 is 0 Å². The maximum Gasteiger partial charge on any atom is 0.151 e. The van der Waals surface area contributed by atoms with Gasteiger partial charge >= 0.3 is 0 Å². The fourth-order valence-corrected chi connectivity index (χ4v) is 2.30. The number of carbonyl (C=O) groups excluding carboxylic acids is 1. The molecule has 0 radical (unpaired) electrons. The fourth-order valence-electron chi connectivity index (χ4n) is 2.30. The van der Waals surface area contributed by atoms with Gasteiger partial charge in [-0.15, -0.1) is 0 Å².